The van der Waals surface area contributed by atoms with Crippen LogP contribution in [-0.2, 0) is 13.1 Å². The number of urea groups is 1. The van der Waals surface area contributed by atoms with E-state index >= 15 is 0 Å². The van der Waals surface area contributed by atoms with Crippen molar-refractivity contribution in [1.29, 1.82) is 0 Å². The monoisotopic (exact) mass is 467 g/mol. The summed E-state index contributed by atoms with van der Waals surface area (Å²) in [6.45, 7) is 3.36. The fourth-order valence-electron chi connectivity index (χ4n) is 3.92. The molecule has 0 atom stereocenters. The highest BCUT2D eigenvalue weighted by molar-refractivity contribution is 9.10. The van der Waals surface area contributed by atoms with E-state index in [2.05, 4.69) is 50.4 Å². The predicted octanol–water partition coefficient (Wildman–Crippen LogP) is 5.74. The molecule has 2 amide bonds. The lowest BCUT2D eigenvalue weighted by molar-refractivity contribution is 0.115. The molecule has 5 nitrogen and oxygen atoms in total. The quantitative estimate of drug-likeness (QED) is 0.502. The first-order valence-corrected chi connectivity index (χ1v) is 11.1. The molecule has 156 valence electrons. The minimum absolute atomic E-state index is 0.0974. The standard InChI is InChI=1S/C24H26BrN3O2/c25-22-10-4-5-11-23(22)26-24(29)28(18-21-9-6-16-30-21)20-12-14-27(15-13-20)17-19-7-2-1-3-8-19/h1-11,16,20H,12-15,17-18H2,(H,26,29). The lowest BCUT2D eigenvalue weighted by Crippen LogP contribution is -2.48. The summed E-state index contributed by atoms with van der Waals surface area (Å²) >= 11 is 3.51. The highest BCUT2D eigenvalue weighted by atomic mass is 79.9. The third-order valence-electron chi connectivity index (χ3n) is 5.53. The number of benzene rings is 2. The van der Waals surface area contributed by atoms with Gasteiger partial charge in [0, 0.05) is 30.1 Å². The van der Waals surface area contributed by atoms with Crippen molar-refractivity contribution in [2.24, 2.45) is 0 Å². The number of hydrogen-bond acceptors (Lipinski definition) is 3. The van der Waals surface area contributed by atoms with E-state index in [1.165, 1.54) is 5.56 Å². The molecular formula is C24H26BrN3O2. The molecule has 1 aromatic heterocycles. The zero-order valence-corrected chi connectivity index (χ0v) is 18.4. The van der Waals surface area contributed by atoms with Gasteiger partial charge in [0.1, 0.15) is 5.76 Å². The molecule has 0 spiro atoms. The summed E-state index contributed by atoms with van der Waals surface area (Å²) in [5.41, 5.74) is 2.10. The van der Waals surface area contributed by atoms with Gasteiger partial charge < -0.3 is 14.6 Å². The summed E-state index contributed by atoms with van der Waals surface area (Å²) in [7, 11) is 0. The Morgan fingerprint density at radius 1 is 1.03 bits per heavy atom. The van der Waals surface area contributed by atoms with E-state index in [1.54, 1.807) is 6.26 Å². The molecule has 0 saturated carbocycles. The molecule has 6 heteroatoms. The van der Waals surface area contributed by atoms with Gasteiger partial charge in [-0.15, -0.1) is 0 Å². The van der Waals surface area contributed by atoms with Crippen molar-refractivity contribution >= 4 is 27.6 Å². The molecule has 2 heterocycles. The molecule has 2 aromatic carbocycles. The van der Waals surface area contributed by atoms with Crippen molar-refractivity contribution in [2.75, 3.05) is 18.4 Å². The lowest BCUT2D eigenvalue weighted by Gasteiger charge is -2.38. The number of anilines is 1. The second kappa shape index (κ2) is 9.96. The van der Waals surface area contributed by atoms with Crippen LogP contribution in [0.25, 0.3) is 0 Å². The first-order valence-electron chi connectivity index (χ1n) is 10.3. The molecule has 1 aliphatic heterocycles. The second-order valence-electron chi connectivity index (χ2n) is 7.61. The first kappa shape index (κ1) is 20.7. The number of piperidine rings is 1. The lowest BCUT2D eigenvalue weighted by atomic mass is 10.0. The highest BCUT2D eigenvalue weighted by Gasteiger charge is 2.29. The maximum absolute atomic E-state index is 13.2. The van der Waals surface area contributed by atoms with Crippen LogP contribution in [0.5, 0.6) is 0 Å². The second-order valence-corrected chi connectivity index (χ2v) is 8.46. The minimum atomic E-state index is -0.0974. The van der Waals surface area contributed by atoms with Crippen LogP contribution in [0.2, 0.25) is 0 Å². The number of amides is 2. The van der Waals surface area contributed by atoms with Crippen LogP contribution in [0.15, 0.2) is 81.9 Å². The van der Waals surface area contributed by atoms with Gasteiger partial charge in [-0.1, -0.05) is 42.5 Å². The van der Waals surface area contributed by atoms with Crippen LogP contribution >= 0.6 is 15.9 Å². The molecule has 0 radical (unpaired) electrons. The Bertz CT molecular complexity index is 938. The molecule has 1 aliphatic rings. The summed E-state index contributed by atoms with van der Waals surface area (Å²) in [6, 6.07) is 22.1. The van der Waals surface area contributed by atoms with Gasteiger partial charge in [-0.05, 0) is 58.6 Å². The van der Waals surface area contributed by atoms with Crippen molar-refractivity contribution < 1.29 is 9.21 Å². The molecule has 30 heavy (non-hydrogen) atoms. The third-order valence-corrected chi connectivity index (χ3v) is 6.22. The molecule has 1 N–H and O–H groups in total. The highest BCUT2D eigenvalue weighted by Crippen LogP contribution is 2.25. The molecule has 0 aliphatic carbocycles. The number of carbonyl (C=O) groups is 1. The average molecular weight is 468 g/mol. The molecule has 0 unspecified atom stereocenters. The topological polar surface area (TPSA) is 48.7 Å². The zero-order valence-electron chi connectivity index (χ0n) is 16.8. The molecule has 0 bridgehead atoms. The van der Waals surface area contributed by atoms with Crippen LogP contribution in [0.1, 0.15) is 24.2 Å². The molecular weight excluding hydrogens is 442 g/mol. The maximum atomic E-state index is 13.2. The smallest absolute Gasteiger partial charge is 0.322 e. The van der Waals surface area contributed by atoms with Crippen molar-refractivity contribution in [1.82, 2.24) is 9.80 Å². The van der Waals surface area contributed by atoms with Crippen molar-refractivity contribution in [3.63, 3.8) is 0 Å². The zero-order chi connectivity index (χ0) is 20.8. The van der Waals surface area contributed by atoms with Crippen LogP contribution in [-0.4, -0.2) is 35.0 Å². The number of nitrogens with zero attached hydrogens (tertiary/aromatic N) is 2. The van der Waals surface area contributed by atoms with E-state index in [0.29, 0.717) is 6.54 Å². The van der Waals surface area contributed by atoms with Crippen molar-refractivity contribution in [3.05, 3.63) is 88.8 Å². The Hall–Kier alpha value is -2.57. The molecule has 1 fully saturated rings. The Morgan fingerprint density at radius 3 is 2.47 bits per heavy atom. The van der Waals surface area contributed by atoms with Crippen molar-refractivity contribution in [3.8, 4) is 0 Å². The number of hydrogen-bond donors (Lipinski definition) is 1. The number of furan rings is 1. The summed E-state index contributed by atoms with van der Waals surface area (Å²) in [5, 5.41) is 3.06. The summed E-state index contributed by atoms with van der Waals surface area (Å²) in [5.74, 6) is 0.795. The SMILES string of the molecule is O=C(Nc1ccccc1Br)N(Cc1ccco1)C1CCN(Cc2ccccc2)CC1. The van der Waals surface area contributed by atoms with Crippen LogP contribution < -0.4 is 5.32 Å². The fourth-order valence-corrected chi connectivity index (χ4v) is 4.30. The van der Waals surface area contributed by atoms with E-state index in [0.717, 1.165) is 48.4 Å². The average Bonchev–Trinajstić information content (AvgIpc) is 3.28. The van der Waals surface area contributed by atoms with E-state index < -0.39 is 0 Å². The maximum Gasteiger partial charge on any atom is 0.322 e. The summed E-state index contributed by atoms with van der Waals surface area (Å²) in [6.07, 6.45) is 3.54. The number of likely N-dealkylation sites (tertiary alicyclic amines) is 1. The fraction of sp³-hybridized carbons (Fsp3) is 0.292. The van der Waals surface area contributed by atoms with Crippen LogP contribution in [0.4, 0.5) is 10.5 Å². The Balaban J connectivity index is 1.42. The van der Waals surface area contributed by atoms with Gasteiger partial charge in [-0.25, -0.2) is 4.79 Å². The minimum Gasteiger partial charge on any atom is -0.467 e. The Morgan fingerprint density at radius 2 is 1.77 bits per heavy atom. The van der Waals surface area contributed by atoms with Gasteiger partial charge in [-0.3, -0.25) is 4.90 Å². The number of halogens is 1. The molecule has 4 rings (SSSR count). The van der Waals surface area contributed by atoms with Crippen molar-refractivity contribution in [2.45, 2.75) is 32.0 Å². The summed E-state index contributed by atoms with van der Waals surface area (Å²) < 4.78 is 6.41. The largest absolute Gasteiger partial charge is 0.467 e. The van der Waals surface area contributed by atoms with Gasteiger partial charge in [0.05, 0.1) is 18.5 Å². The van der Waals surface area contributed by atoms with Gasteiger partial charge in [-0.2, -0.15) is 0 Å². The molecule has 3 aromatic rings. The van der Waals surface area contributed by atoms with E-state index in [9.17, 15) is 4.79 Å². The molecule has 1 saturated heterocycles. The van der Waals surface area contributed by atoms with Gasteiger partial charge >= 0.3 is 6.03 Å². The number of para-hydroxylation sites is 1. The van der Waals surface area contributed by atoms with Gasteiger partial charge in [0.25, 0.3) is 0 Å². The Labute approximate surface area is 185 Å². The van der Waals surface area contributed by atoms with E-state index in [1.807, 2.05) is 47.4 Å². The van der Waals surface area contributed by atoms with Crippen LogP contribution in [0.3, 0.4) is 0 Å². The van der Waals surface area contributed by atoms with Gasteiger partial charge in [0.2, 0.25) is 0 Å². The number of carbonyl (C=O) groups excluding carboxylic acids is 1. The van der Waals surface area contributed by atoms with Crippen LogP contribution in [0, 0.1) is 0 Å². The third kappa shape index (κ3) is 5.32. The number of rotatable bonds is 6. The van der Waals surface area contributed by atoms with E-state index in [4.69, 9.17) is 4.42 Å². The normalized spacial score (nSPS) is 15.1. The first-order chi connectivity index (χ1) is 14.7. The predicted molar refractivity (Wildman–Crippen MR) is 122 cm³/mol. The van der Waals surface area contributed by atoms with E-state index in [-0.39, 0.29) is 12.1 Å². The van der Waals surface area contributed by atoms with Gasteiger partial charge in [0.15, 0.2) is 0 Å². The number of nitrogens with one attached hydrogen (secondary N) is 1. The summed E-state index contributed by atoms with van der Waals surface area (Å²) in [4.78, 5) is 17.6. The Kier molecular flexibility index (Phi) is 6.87.